The molecule has 0 atom stereocenters. The number of allylic oxidation sites excluding steroid dienone is 1. The van der Waals surface area contributed by atoms with Crippen molar-refractivity contribution in [2.45, 2.75) is 0 Å². The van der Waals surface area contributed by atoms with Crippen molar-refractivity contribution in [3.63, 3.8) is 0 Å². The number of benzene rings is 2. The molecule has 1 heterocycles. The summed E-state index contributed by atoms with van der Waals surface area (Å²) in [6.07, 6.45) is 3.40. The zero-order valence-electron chi connectivity index (χ0n) is 10.1. The lowest BCUT2D eigenvalue weighted by molar-refractivity contribution is 0.104. The lowest BCUT2D eigenvalue weighted by Crippen LogP contribution is -1.93. The zero-order valence-corrected chi connectivity index (χ0v) is 10.9. The molecule has 0 amide bonds. The normalized spacial score (nSPS) is 11.2. The fourth-order valence-electron chi connectivity index (χ4n) is 1.90. The first kappa shape index (κ1) is 11.8. The molecule has 0 unspecified atom stereocenters. The number of rotatable bonds is 3. The second-order valence-electron chi connectivity index (χ2n) is 4.18. The molecule has 0 saturated carbocycles. The van der Waals surface area contributed by atoms with Gasteiger partial charge in [0.2, 0.25) is 5.78 Å². The summed E-state index contributed by atoms with van der Waals surface area (Å²) >= 11 is 1.43. The van der Waals surface area contributed by atoms with Gasteiger partial charge < -0.3 is 0 Å². The Bertz CT molecular complexity index is 744. The predicted octanol–water partition coefficient (Wildman–Crippen LogP) is 4.19. The van der Waals surface area contributed by atoms with Crippen molar-refractivity contribution < 1.29 is 4.79 Å². The van der Waals surface area contributed by atoms with Crippen LogP contribution in [-0.2, 0) is 0 Å². The molecule has 3 heteroatoms. The Hall–Kier alpha value is -2.26. The average molecular weight is 265 g/mol. The van der Waals surface area contributed by atoms with Crippen LogP contribution in [-0.4, -0.2) is 10.8 Å². The van der Waals surface area contributed by atoms with Gasteiger partial charge in [-0.25, -0.2) is 4.98 Å². The summed E-state index contributed by atoms with van der Waals surface area (Å²) in [4.78, 5) is 15.8. The number of hydrogen-bond acceptors (Lipinski definition) is 3. The van der Waals surface area contributed by atoms with Crippen molar-refractivity contribution in [2.24, 2.45) is 0 Å². The Morgan fingerprint density at radius 1 is 1.11 bits per heavy atom. The van der Waals surface area contributed by atoms with Crippen molar-refractivity contribution in [3.05, 3.63) is 70.7 Å². The number of thiazole rings is 1. The van der Waals surface area contributed by atoms with E-state index >= 15 is 0 Å². The SMILES string of the molecule is O=C(/C=C/c1ccc2ccccc2c1)c1cscn1. The molecule has 0 radical (unpaired) electrons. The summed E-state index contributed by atoms with van der Waals surface area (Å²) in [6.45, 7) is 0. The van der Waals surface area contributed by atoms with Gasteiger partial charge in [-0.15, -0.1) is 11.3 Å². The minimum Gasteiger partial charge on any atom is -0.288 e. The molecule has 3 aromatic rings. The molecule has 0 spiro atoms. The summed E-state index contributed by atoms with van der Waals surface area (Å²) in [6, 6.07) is 14.3. The van der Waals surface area contributed by atoms with Gasteiger partial charge in [0.15, 0.2) is 0 Å². The highest BCUT2D eigenvalue weighted by atomic mass is 32.1. The molecule has 0 aliphatic heterocycles. The van der Waals surface area contributed by atoms with Crippen LogP contribution in [0, 0.1) is 0 Å². The number of fused-ring (bicyclic) bond motifs is 1. The van der Waals surface area contributed by atoms with E-state index in [9.17, 15) is 4.79 Å². The van der Waals surface area contributed by atoms with Crippen molar-refractivity contribution >= 4 is 34.0 Å². The van der Waals surface area contributed by atoms with E-state index in [1.54, 1.807) is 17.0 Å². The molecule has 2 nitrogen and oxygen atoms in total. The summed E-state index contributed by atoms with van der Waals surface area (Å²) < 4.78 is 0. The smallest absolute Gasteiger partial charge is 0.205 e. The van der Waals surface area contributed by atoms with Crippen molar-refractivity contribution in [1.82, 2.24) is 4.98 Å². The number of ketones is 1. The van der Waals surface area contributed by atoms with Crippen LogP contribution < -0.4 is 0 Å². The van der Waals surface area contributed by atoms with Crippen molar-refractivity contribution in [3.8, 4) is 0 Å². The molecule has 2 aromatic carbocycles. The Balaban J connectivity index is 1.87. The third-order valence-corrected chi connectivity index (χ3v) is 3.47. The Kier molecular flexibility index (Phi) is 3.21. The first-order valence-electron chi connectivity index (χ1n) is 5.92. The van der Waals surface area contributed by atoms with Gasteiger partial charge >= 0.3 is 0 Å². The van der Waals surface area contributed by atoms with Gasteiger partial charge in [-0.1, -0.05) is 42.5 Å². The second kappa shape index (κ2) is 5.16. The third-order valence-electron chi connectivity index (χ3n) is 2.89. The molecule has 0 saturated heterocycles. The highest BCUT2D eigenvalue weighted by Gasteiger charge is 2.02. The maximum atomic E-state index is 11.8. The average Bonchev–Trinajstić information content (AvgIpc) is 2.99. The van der Waals surface area contributed by atoms with Gasteiger partial charge in [-0.2, -0.15) is 0 Å². The number of nitrogens with zero attached hydrogens (tertiary/aromatic N) is 1. The molecule has 0 bridgehead atoms. The van der Waals surface area contributed by atoms with Crippen molar-refractivity contribution in [1.29, 1.82) is 0 Å². The van der Waals surface area contributed by atoms with E-state index in [1.807, 2.05) is 24.3 Å². The highest BCUT2D eigenvalue weighted by Crippen LogP contribution is 2.16. The summed E-state index contributed by atoms with van der Waals surface area (Å²) in [5.74, 6) is -0.0607. The van der Waals surface area contributed by atoms with Gasteiger partial charge in [0.1, 0.15) is 5.69 Å². The molecule has 0 fully saturated rings. The lowest BCUT2D eigenvalue weighted by atomic mass is 10.1. The van der Waals surface area contributed by atoms with Crippen LogP contribution in [0.25, 0.3) is 16.8 Å². The molecular weight excluding hydrogens is 254 g/mol. The lowest BCUT2D eigenvalue weighted by Gasteiger charge is -1.98. The molecule has 1 aromatic heterocycles. The number of aromatic nitrogens is 1. The van der Waals surface area contributed by atoms with Crippen LogP contribution >= 0.6 is 11.3 Å². The van der Waals surface area contributed by atoms with Gasteiger partial charge in [0.25, 0.3) is 0 Å². The summed E-state index contributed by atoms with van der Waals surface area (Å²) in [5.41, 5.74) is 3.18. The van der Waals surface area contributed by atoms with Crippen LogP contribution in [0.2, 0.25) is 0 Å². The van der Waals surface area contributed by atoms with Gasteiger partial charge in [0.05, 0.1) is 5.51 Å². The number of hydrogen-bond donors (Lipinski definition) is 0. The van der Waals surface area contributed by atoms with Crippen LogP contribution in [0.5, 0.6) is 0 Å². The minimum absolute atomic E-state index is 0.0607. The van der Waals surface area contributed by atoms with E-state index in [0.717, 1.165) is 5.56 Å². The molecule has 19 heavy (non-hydrogen) atoms. The van der Waals surface area contributed by atoms with E-state index in [-0.39, 0.29) is 5.78 Å². The fraction of sp³-hybridized carbons (Fsp3) is 0. The van der Waals surface area contributed by atoms with Gasteiger partial charge in [-0.05, 0) is 28.5 Å². The minimum atomic E-state index is -0.0607. The predicted molar refractivity (Wildman–Crippen MR) is 79.4 cm³/mol. The Morgan fingerprint density at radius 3 is 2.74 bits per heavy atom. The first-order chi connectivity index (χ1) is 9.33. The van der Waals surface area contributed by atoms with Gasteiger partial charge in [0, 0.05) is 5.38 Å². The number of carbonyl (C=O) groups excluding carboxylic acids is 1. The van der Waals surface area contributed by atoms with Crippen LogP contribution in [0.15, 0.2) is 59.4 Å². The standard InChI is InChI=1S/C16H11NOS/c18-16(15-10-19-11-17-15)8-6-12-5-7-13-3-1-2-4-14(13)9-12/h1-11H/b8-6+. The van der Waals surface area contributed by atoms with E-state index in [4.69, 9.17) is 0 Å². The quantitative estimate of drug-likeness (QED) is 0.525. The van der Waals surface area contributed by atoms with Crippen LogP contribution in [0.4, 0.5) is 0 Å². The molecule has 92 valence electrons. The Morgan fingerprint density at radius 2 is 1.95 bits per heavy atom. The van der Waals surface area contributed by atoms with Crippen LogP contribution in [0.1, 0.15) is 16.1 Å². The van der Waals surface area contributed by atoms with Gasteiger partial charge in [-0.3, -0.25) is 4.79 Å². The number of carbonyl (C=O) groups is 1. The highest BCUT2D eigenvalue weighted by molar-refractivity contribution is 7.07. The maximum absolute atomic E-state index is 11.8. The Labute approximate surface area is 115 Å². The fourth-order valence-corrected chi connectivity index (χ4v) is 2.44. The van der Waals surface area contributed by atoms with E-state index < -0.39 is 0 Å². The summed E-state index contributed by atoms with van der Waals surface area (Å²) in [5, 5.41) is 4.13. The van der Waals surface area contributed by atoms with Crippen LogP contribution in [0.3, 0.4) is 0 Å². The molecule has 0 N–H and O–H groups in total. The largest absolute Gasteiger partial charge is 0.288 e. The first-order valence-corrected chi connectivity index (χ1v) is 6.86. The molecule has 3 rings (SSSR count). The van der Waals surface area contributed by atoms with Crippen molar-refractivity contribution in [2.75, 3.05) is 0 Å². The van der Waals surface area contributed by atoms with E-state index in [0.29, 0.717) is 5.69 Å². The topological polar surface area (TPSA) is 30.0 Å². The zero-order chi connectivity index (χ0) is 13.1. The summed E-state index contributed by atoms with van der Waals surface area (Å²) in [7, 11) is 0. The van der Waals surface area contributed by atoms with E-state index in [2.05, 4.69) is 29.2 Å². The molecule has 0 aliphatic rings. The second-order valence-corrected chi connectivity index (χ2v) is 4.90. The third kappa shape index (κ3) is 2.61. The monoisotopic (exact) mass is 265 g/mol. The molecular formula is C16H11NOS. The molecule has 0 aliphatic carbocycles. The van der Waals surface area contributed by atoms with E-state index in [1.165, 1.54) is 22.1 Å². The maximum Gasteiger partial charge on any atom is 0.205 e.